The van der Waals surface area contributed by atoms with Crippen LogP contribution in [-0.2, 0) is 15.1 Å². The van der Waals surface area contributed by atoms with E-state index in [2.05, 4.69) is 10.6 Å². The number of carbonyl (C=O) groups excluding carboxylic acids is 3. The van der Waals surface area contributed by atoms with Crippen molar-refractivity contribution >= 4 is 35.3 Å². The first-order chi connectivity index (χ1) is 16.5. The van der Waals surface area contributed by atoms with Gasteiger partial charge in [0.1, 0.15) is 12.1 Å². The van der Waals surface area contributed by atoms with Gasteiger partial charge in [-0.05, 0) is 36.2 Å². The summed E-state index contributed by atoms with van der Waals surface area (Å²) in [6.07, 6.45) is 2.13. The van der Waals surface area contributed by atoms with Gasteiger partial charge in [0.15, 0.2) is 0 Å². The lowest BCUT2D eigenvalue weighted by Gasteiger charge is -2.27. The van der Waals surface area contributed by atoms with E-state index >= 15 is 0 Å². The van der Waals surface area contributed by atoms with E-state index in [-0.39, 0.29) is 12.5 Å². The fourth-order valence-corrected chi connectivity index (χ4v) is 4.97. The molecule has 0 bridgehead atoms. The van der Waals surface area contributed by atoms with Crippen molar-refractivity contribution in [1.29, 1.82) is 0 Å². The topological polar surface area (TPSA) is 78.5 Å². The van der Waals surface area contributed by atoms with Crippen molar-refractivity contribution in [3.8, 4) is 0 Å². The van der Waals surface area contributed by atoms with Gasteiger partial charge in [0.25, 0.3) is 5.91 Å². The van der Waals surface area contributed by atoms with Crippen LogP contribution in [-0.4, -0.2) is 29.3 Å². The van der Waals surface area contributed by atoms with Gasteiger partial charge in [-0.2, -0.15) is 0 Å². The van der Waals surface area contributed by atoms with E-state index in [0.29, 0.717) is 12.1 Å². The first-order valence-corrected chi connectivity index (χ1v) is 12.2. The van der Waals surface area contributed by atoms with Crippen molar-refractivity contribution in [2.75, 3.05) is 11.9 Å². The lowest BCUT2D eigenvalue weighted by Crippen LogP contribution is -2.44. The number of imide groups is 1. The number of hydrogen-bond acceptors (Lipinski definition) is 4. The number of anilines is 1. The molecule has 1 heterocycles. The average molecular weight is 474 g/mol. The van der Waals surface area contributed by atoms with Gasteiger partial charge >= 0.3 is 6.03 Å². The van der Waals surface area contributed by atoms with Crippen molar-refractivity contribution in [2.24, 2.45) is 0 Å². The monoisotopic (exact) mass is 473 g/mol. The number of urea groups is 1. The summed E-state index contributed by atoms with van der Waals surface area (Å²) in [6.45, 7) is 1.69. The second kappa shape index (κ2) is 10.6. The molecule has 2 N–H and O–H groups in total. The molecule has 0 spiro atoms. The number of hydrogen-bond donors (Lipinski definition) is 2. The molecule has 1 atom stereocenters. The van der Waals surface area contributed by atoms with E-state index in [1.54, 1.807) is 0 Å². The van der Waals surface area contributed by atoms with Gasteiger partial charge in [-0.15, -0.1) is 0 Å². The maximum absolute atomic E-state index is 13.5. The van der Waals surface area contributed by atoms with Crippen molar-refractivity contribution < 1.29 is 14.4 Å². The highest BCUT2D eigenvalue weighted by Crippen LogP contribution is 2.35. The van der Waals surface area contributed by atoms with Crippen LogP contribution >= 0.6 is 11.8 Å². The summed E-state index contributed by atoms with van der Waals surface area (Å²) in [5.41, 5.74) is 0.221. The Morgan fingerprint density at radius 2 is 1.59 bits per heavy atom. The van der Waals surface area contributed by atoms with Gasteiger partial charge in [-0.1, -0.05) is 92.2 Å². The van der Waals surface area contributed by atoms with Crippen molar-refractivity contribution in [3.63, 3.8) is 0 Å². The zero-order valence-corrected chi connectivity index (χ0v) is 19.8. The molecular formula is C27H27N3O3S. The summed E-state index contributed by atoms with van der Waals surface area (Å²) >= 11 is 1.53. The number of carbonyl (C=O) groups is 3. The standard InChI is InChI=1S/C27H27N3O3S/c1-2-3-18-27(20-12-6-4-7-13-20)25(32)30(26(33)29-27)19-24(31)28-22-16-10-11-17-23(22)34-21-14-8-5-9-15-21/h4-17H,2-3,18-19H2,1H3,(H,28,31)(H,29,33). The quantitative estimate of drug-likeness (QED) is 0.407. The molecule has 6 nitrogen and oxygen atoms in total. The third-order valence-corrected chi connectivity index (χ3v) is 6.87. The number of benzene rings is 3. The molecule has 4 rings (SSSR count). The molecule has 34 heavy (non-hydrogen) atoms. The van der Waals surface area contributed by atoms with E-state index in [1.165, 1.54) is 11.8 Å². The van der Waals surface area contributed by atoms with Gasteiger partial charge in [0.05, 0.1) is 5.69 Å². The van der Waals surface area contributed by atoms with Crippen molar-refractivity contribution in [3.05, 3.63) is 90.5 Å². The molecule has 1 fully saturated rings. The third kappa shape index (κ3) is 4.99. The van der Waals surface area contributed by atoms with Crippen molar-refractivity contribution in [1.82, 2.24) is 10.2 Å². The number of amides is 4. The molecule has 174 valence electrons. The average Bonchev–Trinajstić information content (AvgIpc) is 3.10. The minimum atomic E-state index is -1.14. The number of nitrogens with zero attached hydrogens (tertiary/aromatic N) is 1. The molecule has 1 unspecified atom stereocenters. The van der Waals surface area contributed by atoms with Crippen molar-refractivity contribution in [2.45, 2.75) is 41.5 Å². The first kappa shape index (κ1) is 23.6. The Bertz CT molecular complexity index is 1170. The van der Waals surface area contributed by atoms with Gasteiger partial charge in [-0.3, -0.25) is 14.5 Å². The minimum Gasteiger partial charge on any atom is -0.323 e. The largest absolute Gasteiger partial charge is 0.325 e. The van der Waals surface area contributed by atoms with Crippen LogP contribution in [0.15, 0.2) is 94.7 Å². The number of nitrogens with one attached hydrogen (secondary N) is 2. The molecule has 0 aromatic heterocycles. The highest BCUT2D eigenvalue weighted by atomic mass is 32.2. The minimum absolute atomic E-state index is 0.351. The Morgan fingerprint density at radius 3 is 2.29 bits per heavy atom. The highest BCUT2D eigenvalue weighted by Gasteiger charge is 2.52. The van der Waals surface area contributed by atoms with E-state index in [1.807, 2.05) is 91.9 Å². The predicted molar refractivity (Wildman–Crippen MR) is 134 cm³/mol. The molecule has 3 aromatic carbocycles. The predicted octanol–water partition coefficient (Wildman–Crippen LogP) is 5.41. The molecule has 0 radical (unpaired) electrons. The summed E-state index contributed by atoms with van der Waals surface area (Å²) in [6, 6.07) is 26.0. The number of para-hydroxylation sites is 1. The fraction of sp³-hybridized carbons (Fsp3) is 0.222. The Labute approximate surface area is 203 Å². The van der Waals surface area contributed by atoms with Crippen LogP contribution in [0.1, 0.15) is 31.7 Å². The molecule has 1 aliphatic rings. The molecule has 1 aliphatic heterocycles. The van der Waals surface area contributed by atoms with Gasteiger partial charge < -0.3 is 10.6 Å². The van der Waals surface area contributed by atoms with Gasteiger partial charge in [0, 0.05) is 9.79 Å². The summed E-state index contributed by atoms with van der Waals surface area (Å²) in [5, 5.41) is 5.76. The fourth-order valence-electron chi connectivity index (χ4n) is 4.05. The molecule has 3 aromatic rings. The normalized spacial score (nSPS) is 17.5. The molecule has 0 aliphatic carbocycles. The highest BCUT2D eigenvalue weighted by molar-refractivity contribution is 7.99. The first-order valence-electron chi connectivity index (χ1n) is 11.3. The second-order valence-electron chi connectivity index (χ2n) is 8.16. The SMILES string of the molecule is CCCCC1(c2ccccc2)NC(=O)N(CC(=O)Nc2ccccc2Sc2ccccc2)C1=O. The zero-order valence-electron chi connectivity index (χ0n) is 19.0. The maximum atomic E-state index is 13.5. The molecule has 4 amide bonds. The Kier molecular flexibility index (Phi) is 7.33. The molecule has 1 saturated heterocycles. The summed E-state index contributed by atoms with van der Waals surface area (Å²) in [5.74, 6) is -0.816. The van der Waals surface area contributed by atoms with Gasteiger partial charge in [-0.25, -0.2) is 4.79 Å². The number of rotatable bonds is 9. The smallest absolute Gasteiger partial charge is 0.323 e. The van der Waals surface area contributed by atoms with E-state index in [4.69, 9.17) is 0 Å². The van der Waals surface area contributed by atoms with Crippen LogP contribution in [0, 0.1) is 0 Å². The summed E-state index contributed by atoms with van der Waals surface area (Å²) in [7, 11) is 0. The van der Waals surface area contributed by atoms with Crippen LogP contribution in [0.3, 0.4) is 0 Å². The van der Waals surface area contributed by atoms with Crippen LogP contribution in [0.25, 0.3) is 0 Å². The second-order valence-corrected chi connectivity index (χ2v) is 9.27. The Balaban J connectivity index is 1.51. The lowest BCUT2D eigenvalue weighted by molar-refractivity contribution is -0.134. The number of unbranched alkanes of at least 4 members (excludes halogenated alkanes) is 1. The van der Waals surface area contributed by atoms with Crippen LogP contribution in [0.5, 0.6) is 0 Å². The van der Waals surface area contributed by atoms with Crippen LogP contribution < -0.4 is 10.6 Å². The lowest BCUT2D eigenvalue weighted by atomic mass is 9.85. The maximum Gasteiger partial charge on any atom is 0.325 e. The Morgan fingerprint density at radius 1 is 0.941 bits per heavy atom. The molecule has 7 heteroatoms. The zero-order chi connectivity index (χ0) is 24.0. The van der Waals surface area contributed by atoms with Gasteiger partial charge in [0.2, 0.25) is 5.91 Å². The van der Waals surface area contributed by atoms with E-state index < -0.39 is 17.5 Å². The molecule has 0 saturated carbocycles. The van der Waals surface area contributed by atoms with E-state index in [9.17, 15) is 14.4 Å². The summed E-state index contributed by atoms with van der Waals surface area (Å²) in [4.78, 5) is 42.2. The van der Waals surface area contributed by atoms with E-state index in [0.717, 1.165) is 33.1 Å². The Hall–Kier alpha value is -3.58. The molecular weight excluding hydrogens is 446 g/mol. The van der Waals surface area contributed by atoms with Crippen LogP contribution in [0.2, 0.25) is 0 Å². The third-order valence-electron chi connectivity index (χ3n) is 5.78. The summed E-state index contributed by atoms with van der Waals surface area (Å²) < 4.78 is 0. The van der Waals surface area contributed by atoms with Crippen LogP contribution in [0.4, 0.5) is 10.5 Å².